The Labute approximate surface area is 185 Å². The molecule has 3 nitrogen and oxygen atoms in total. The van der Waals surface area contributed by atoms with E-state index in [0.717, 1.165) is 10.2 Å². The van der Waals surface area contributed by atoms with Crippen molar-refractivity contribution in [1.82, 2.24) is 4.98 Å². The molecule has 0 saturated carbocycles. The second-order valence-corrected chi connectivity index (χ2v) is 8.49. The van der Waals surface area contributed by atoms with Gasteiger partial charge in [-0.1, -0.05) is 69.9 Å². The van der Waals surface area contributed by atoms with Crippen LogP contribution < -0.4 is 4.90 Å². The second-order valence-electron chi connectivity index (χ2n) is 5.83. The lowest BCUT2D eigenvalue weighted by atomic mass is 10.2. The minimum Gasteiger partial charge on any atom is -0.268 e. The van der Waals surface area contributed by atoms with Crippen LogP contribution in [0.2, 0.25) is 20.1 Å². The van der Waals surface area contributed by atoms with Gasteiger partial charge in [-0.2, -0.15) is 0 Å². The topological polar surface area (TPSA) is 33.2 Å². The summed E-state index contributed by atoms with van der Waals surface area (Å²) in [4.78, 5) is 19.5. The molecule has 1 aromatic heterocycles. The van der Waals surface area contributed by atoms with Crippen LogP contribution in [0, 0.1) is 0 Å². The van der Waals surface area contributed by atoms with Crippen LogP contribution in [0.3, 0.4) is 0 Å². The molecule has 0 spiro atoms. The average molecular weight is 468 g/mol. The largest absolute Gasteiger partial charge is 0.268 e. The first-order chi connectivity index (χ1) is 13.4. The first kappa shape index (κ1) is 19.5. The number of amides is 1. The molecule has 0 unspecified atom stereocenters. The van der Waals surface area contributed by atoms with Gasteiger partial charge in [0.2, 0.25) is 0 Å². The highest BCUT2D eigenvalue weighted by Gasteiger charge is 2.25. The van der Waals surface area contributed by atoms with Crippen molar-refractivity contribution in [3.8, 4) is 0 Å². The zero-order chi connectivity index (χ0) is 19.8. The molecule has 0 saturated heterocycles. The minimum atomic E-state index is -0.348. The van der Waals surface area contributed by atoms with Crippen LogP contribution in [-0.2, 0) is 0 Å². The number of benzene rings is 3. The predicted molar refractivity (Wildman–Crippen MR) is 119 cm³/mol. The van der Waals surface area contributed by atoms with Crippen LogP contribution >= 0.6 is 57.7 Å². The number of hydrogen-bond acceptors (Lipinski definition) is 3. The molecule has 0 fully saturated rings. The van der Waals surface area contributed by atoms with Gasteiger partial charge in [-0.25, -0.2) is 4.98 Å². The highest BCUT2D eigenvalue weighted by atomic mass is 35.5. The Balaban J connectivity index is 1.89. The Bertz CT molecular complexity index is 1180. The van der Waals surface area contributed by atoms with Crippen LogP contribution in [0.4, 0.5) is 10.8 Å². The summed E-state index contributed by atoms with van der Waals surface area (Å²) in [5.41, 5.74) is 1.63. The maximum Gasteiger partial charge on any atom is 0.266 e. The molecular formula is C20H10Cl4N2OS. The normalized spacial score (nSPS) is 11.0. The average Bonchev–Trinajstić information content (AvgIpc) is 3.08. The van der Waals surface area contributed by atoms with E-state index in [9.17, 15) is 4.79 Å². The first-order valence-electron chi connectivity index (χ1n) is 8.04. The van der Waals surface area contributed by atoms with Crippen molar-refractivity contribution in [1.29, 1.82) is 0 Å². The first-order valence-corrected chi connectivity index (χ1v) is 10.4. The molecule has 8 heteroatoms. The maximum atomic E-state index is 13.4. The van der Waals surface area contributed by atoms with Crippen LogP contribution in [-0.4, -0.2) is 10.9 Å². The van der Waals surface area contributed by atoms with Gasteiger partial charge in [-0.05, 0) is 48.5 Å². The molecule has 0 radical (unpaired) electrons. The SMILES string of the molecule is O=C(c1ccc(Cl)cc1Cl)N(c1ccc(Cl)c(Cl)c1)c1nc2ccccc2s1. The van der Waals surface area contributed by atoms with Gasteiger partial charge in [0.15, 0.2) is 5.13 Å². The second kappa shape index (κ2) is 7.90. The number of carbonyl (C=O) groups excluding carboxylic acids is 1. The molecule has 0 aliphatic rings. The van der Waals surface area contributed by atoms with Crippen molar-refractivity contribution in [3.63, 3.8) is 0 Å². The Morgan fingerprint density at radius 1 is 0.857 bits per heavy atom. The number of anilines is 2. The van der Waals surface area contributed by atoms with Crippen LogP contribution in [0.15, 0.2) is 60.7 Å². The lowest BCUT2D eigenvalue weighted by molar-refractivity contribution is 0.0999. The van der Waals surface area contributed by atoms with Gasteiger partial charge in [-0.15, -0.1) is 0 Å². The van der Waals surface area contributed by atoms with E-state index in [0.29, 0.717) is 31.5 Å². The van der Waals surface area contributed by atoms with Crippen molar-refractivity contribution < 1.29 is 4.79 Å². The van der Waals surface area contributed by atoms with Gasteiger partial charge >= 0.3 is 0 Å². The highest BCUT2D eigenvalue weighted by Crippen LogP contribution is 2.37. The van der Waals surface area contributed by atoms with E-state index < -0.39 is 0 Å². The highest BCUT2D eigenvalue weighted by molar-refractivity contribution is 7.22. The number of nitrogens with zero attached hydrogens (tertiary/aromatic N) is 2. The Kier molecular flexibility index (Phi) is 5.50. The summed E-state index contributed by atoms with van der Waals surface area (Å²) < 4.78 is 0.956. The quantitative estimate of drug-likeness (QED) is 0.306. The van der Waals surface area contributed by atoms with E-state index in [1.54, 1.807) is 30.3 Å². The van der Waals surface area contributed by atoms with E-state index in [4.69, 9.17) is 46.4 Å². The van der Waals surface area contributed by atoms with Gasteiger partial charge in [0.25, 0.3) is 5.91 Å². The van der Waals surface area contributed by atoms with Gasteiger partial charge in [0.05, 0.1) is 36.5 Å². The summed E-state index contributed by atoms with van der Waals surface area (Å²) >= 11 is 25.9. The summed E-state index contributed by atoms with van der Waals surface area (Å²) in [7, 11) is 0. The summed E-state index contributed by atoms with van der Waals surface area (Å²) in [6.45, 7) is 0. The number of fused-ring (bicyclic) bond motifs is 1. The number of hydrogen-bond donors (Lipinski definition) is 0. The minimum absolute atomic E-state index is 0.253. The van der Waals surface area contributed by atoms with Crippen LogP contribution in [0.5, 0.6) is 0 Å². The van der Waals surface area contributed by atoms with Crippen molar-refractivity contribution in [2.24, 2.45) is 0 Å². The van der Waals surface area contributed by atoms with E-state index in [1.807, 2.05) is 24.3 Å². The van der Waals surface area contributed by atoms with Gasteiger partial charge in [0.1, 0.15) is 0 Å². The number of halogens is 4. The van der Waals surface area contributed by atoms with Crippen molar-refractivity contribution in [2.75, 3.05) is 4.90 Å². The van der Waals surface area contributed by atoms with E-state index in [2.05, 4.69) is 4.98 Å². The predicted octanol–water partition coefficient (Wildman–Crippen LogP) is 7.89. The van der Waals surface area contributed by atoms with Crippen LogP contribution in [0.25, 0.3) is 10.2 Å². The molecule has 0 atom stereocenters. The molecule has 140 valence electrons. The van der Waals surface area contributed by atoms with E-state index in [1.165, 1.54) is 22.3 Å². The molecule has 3 aromatic carbocycles. The summed E-state index contributed by atoms with van der Waals surface area (Å²) in [5, 5.41) is 1.92. The molecule has 0 aliphatic heterocycles. The third-order valence-electron chi connectivity index (χ3n) is 4.00. The molecule has 28 heavy (non-hydrogen) atoms. The fraction of sp³-hybridized carbons (Fsp3) is 0. The third-order valence-corrected chi connectivity index (χ3v) is 6.31. The molecule has 0 aliphatic carbocycles. The smallest absolute Gasteiger partial charge is 0.266 e. The summed E-state index contributed by atoms with van der Waals surface area (Å²) in [6, 6.07) is 17.4. The fourth-order valence-corrected chi connectivity index (χ4v) is 4.44. The zero-order valence-electron chi connectivity index (χ0n) is 14.0. The summed E-state index contributed by atoms with van der Waals surface area (Å²) in [6.07, 6.45) is 0. The Morgan fingerprint density at radius 3 is 2.36 bits per heavy atom. The standard InChI is InChI=1S/C20H10Cl4N2OS/c21-11-5-7-13(15(23)9-11)19(27)26(12-6-8-14(22)16(24)10-12)20-25-17-3-1-2-4-18(17)28-20/h1-10H. The van der Waals surface area contributed by atoms with Crippen LogP contribution in [0.1, 0.15) is 10.4 Å². The Morgan fingerprint density at radius 2 is 1.64 bits per heavy atom. The lowest BCUT2D eigenvalue weighted by Gasteiger charge is -2.21. The van der Waals surface area contributed by atoms with Gasteiger partial charge < -0.3 is 0 Å². The van der Waals surface area contributed by atoms with Crippen molar-refractivity contribution in [2.45, 2.75) is 0 Å². The maximum absolute atomic E-state index is 13.4. The molecule has 4 aromatic rings. The third kappa shape index (κ3) is 3.71. The summed E-state index contributed by atoms with van der Waals surface area (Å²) in [5.74, 6) is -0.348. The van der Waals surface area contributed by atoms with Gasteiger partial charge in [-0.3, -0.25) is 9.69 Å². The molecular weight excluding hydrogens is 458 g/mol. The van der Waals surface area contributed by atoms with Gasteiger partial charge in [0, 0.05) is 5.02 Å². The molecule has 4 rings (SSSR count). The molecule has 0 bridgehead atoms. The van der Waals surface area contributed by atoms with Crippen molar-refractivity contribution >= 4 is 84.7 Å². The number of aromatic nitrogens is 1. The number of thiazole rings is 1. The monoisotopic (exact) mass is 466 g/mol. The molecule has 0 N–H and O–H groups in total. The number of para-hydroxylation sites is 1. The van der Waals surface area contributed by atoms with Crippen molar-refractivity contribution in [3.05, 3.63) is 86.3 Å². The van der Waals surface area contributed by atoms with E-state index in [-0.39, 0.29) is 10.9 Å². The lowest BCUT2D eigenvalue weighted by Crippen LogP contribution is -2.26. The van der Waals surface area contributed by atoms with E-state index >= 15 is 0 Å². The Hall–Kier alpha value is -1.82. The number of rotatable bonds is 3. The fourth-order valence-electron chi connectivity index (χ4n) is 2.68. The zero-order valence-corrected chi connectivity index (χ0v) is 17.8. The molecule has 1 amide bonds. The number of carbonyl (C=O) groups is 1. The molecule has 1 heterocycles.